The van der Waals surface area contributed by atoms with Crippen LogP contribution in [0.5, 0.6) is 5.75 Å². The Morgan fingerprint density at radius 3 is 2.22 bits per heavy atom. The molecule has 3 aromatic rings. The lowest BCUT2D eigenvalue weighted by Gasteiger charge is -2.06. The fourth-order valence-electron chi connectivity index (χ4n) is 2.83. The van der Waals surface area contributed by atoms with Crippen molar-refractivity contribution in [2.24, 2.45) is 0 Å². The minimum atomic E-state index is -4.34. The molecular weight excluding hydrogens is 353 g/mol. The summed E-state index contributed by atoms with van der Waals surface area (Å²) in [5.41, 5.74) is 2.19. The van der Waals surface area contributed by atoms with Crippen LogP contribution in [0.2, 0.25) is 0 Å². The molecule has 0 atom stereocenters. The van der Waals surface area contributed by atoms with Crippen molar-refractivity contribution in [1.29, 1.82) is 0 Å². The lowest BCUT2D eigenvalue weighted by molar-refractivity contribution is -0.137. The third kappa shape index (κ3) is 4.73. The van der Waals surface area contributed by atoms with Crippen molar-refractivity contribution < 1.29 is 22.3 Å². The Morgan fingerprint density at radius 2 is 1.63 bits per heavy atom. The Morgan fingerprint density at radius 1 is 0.963 bits per heavy atom. The average molecular weight is 374 g/mol. The molecule has 0 spiro atoms. The van der Waals surface area contributed by atoms with Gasteiger partial charge in [-0.1, -0.05) is 31.2 Å². The van der Waals surface area contributed by atoms with E-state index in [0.717, 1.165) is 35.6 Å². The fourth-order valence-corrected chi connectivity index (χ4v) is 2.83. The third-order valence-corrected chi connectivity index (χ3v) is 4.49. The highest BCUT2D eigenvalue weighted by Crippen LogP contribution is 2.32. The maximum atomic E-state index is 12.7. The van der Waals surface area contributed by atoms with E-state index >= 15 is 0 Å². The van der Waals surface area contributed by atoms with Gasteiger partial charge in [0.25, 0.3) is 0 Å². The number of hydrogen-bond acceptors (Lipinski definition) is 2. The van der Waals surface area contributed by atoms with Gasteiger partial charge in [-0.3, -0.25) is 0 Å². The lowest BCUT2D eigenvalue weighted by atomic mass is 10.1. The van der Waals surface area contributed by atoms with Gasteiger partial charge in [0.1, 0.15) is 17.3 Å². The number of furan rings is 1. The molecule has 0 aliphatic carbocycles. The van der Waals surface area contributed by atoms with Crippen molar-refractivity contribution in [2.75, 3.05) is 6.61 Å². The first kappa shape index (κ1) is 19.1. The smallest absolute Gasteiger partial charge is 0.416 e. The van der Waals surface area contributed by atoms with Crippen molar-refractivity contribution in [3.8, 4) is 17.1 Å². The quantitative estimate of drug-likeness (QED) is 0.494. The molecule has 2 nitrogen and oxygen atoms in total. The minimum Gasteiger partial charge on any atom is -0.493 e. The molecule has 0 unspecified atom stereocenters. The molecular formula is C22H21F3O2. The van der Waals surface area contributed by atoms with Crippen LogP contribution in [-0.2, 0) is 19.0 Å². The monoisotopic (exact) mass is 374 g/mol. The molecule has 3 rings (SSSR count). The minimum absolute atomic E-state index is 0.498. The van der Waals surface area contributed by atoms with E-state index in [1.54, 1.807) is 0 Å². The largest absolute Gasteiger partial charge is 0.493 e. The first-order valence-corrected chi connectivity index (χ1v) is 8.85. The third-order valence-electron chi connectivity index (χ3n) is 4.49. The first-order chi connectivity index (χ1) is 12.9. The van der Waals surface area contributed by atoms with Crippen LogP contribution in [0.15, 0.2) is 59.0 Å². The van der Waals surface area contributed by atoms with Crippen molar-refractivity contribution in [2.45, 2.75) is 32.9 Å². The second-order valence-corrected chi connectivity index (χ2v) is 6.36. The van der Waals surface area contributed by atoms with Crippen LogP contribution in [0, 0.1) is 6.92 Å². The number of rotatable bonds is 6. The molecule has 27 heavy (non-hydrogen) atoms. The highest BCUT2D eigenvalue weighted by molar-refractivity contribution is 5.59. The lowest BCUT2D eigenvalue weighted by Crippen LogP contribution is -2.03. The summed E-state index contributed by atoms with van der Waals surface area (Å²) in [5, 5.41) is 0. The Kier molecular flexibility index (Phi) is 5.59. The number of halogens is 3. The summed E-state index contributed by atoms with van der Waals surface area (Å²) >= 11 is 0. The maximum absolute atomic E-state index is 12.7. The van der Waals surface area contributed by atoms with Gasteiger partial charge in [0, 0.05) is 12.0 Å². The van der Waals surface area contributed by atoms with E-state index in [1.807, 2.05) is 37.3 Å². The first-order valence-electron chi connectivity index (χ1n) is 8.85. The molecule has 5 heteroatoms. The van der Waals surface area contributed by atoms with Crippen molar-refractivity contribution in [3.63, 3.8) is 0 Å². The van der Waals surface area contributed by atoms with Gasteiger partial charge < -0.3 is 9.15 Å². The SMILES string of the molecule is CCc1ccc(OCCc2cc(-c3ccc(C(F)(F)F)cc3)oc2C)cc1. The molecule has 1 heterocycles. The average Bonchev–Trinajstić information content (AvgIpc) is 3.02. The van der Waals surface area contributed by atoms with Crippen LogP contribution in [0.3, 0.4) is 0 Å². The number of aryl methyl sites for hydroxylation is 2. The van der Waals surface area contributed by atoms with Gasteiger partial charge in [-0.2, -0.15) is 13.2 Å². The zero-order chi connectivity index (χ0) is 19.4. The van der Waals surface area contributed by atoms with Gasteiger partial charge in [0.2, 0.25) is 0 Å². The van der Waals surface area contributed by atoms with Crippen LogP contribution < -0.4 is 4.74 Å². The number of alkyl halides is 3. The van der Waals surface area contributed by atoms with Gasteiger partial charge in [0.05, 0.1) is 12.2 Å². The summed E-state index contributed by atoms with van der Waals surface area (Å²) in [6, 6.07) is 14.8. The van der Waals surface area contributed by atoms with E-state index in [9.17, 15) is 13.2 Å². The Labute approximate surface area is 156 Å². The summed E-state index contributed by atoms with van der Waals surface area (Å²) in [6.45, 7) is 4.45. The highest BCUT2D eigenvalue weighted by atomic mass is 19.4. The predicted molar refractivity (Wildman–Crippen MR) is 98.9 cm³/mol. The van der Waals surface area contributed by atoms with Crippen molar-refractivity contribution in [1.82, 2.24) is 0 Å². The van der Waals surface area contributed by atoms with E-state index < -0.39 is 11.7 Å². The van der Waals surface area contributed by atoms with Gasteiger partial charge in [0.15, 0.2) is 0 Å². The molecule has 0 radical (unpaired) electrons. The van der Waals surface area contributed by atoms with Crippen molar-refractivity contribution in [3.05, 3.63) is 77.0 Å². The van der Waals surface area contributed by atoms with Crippen molar-refractivity contribution >= 4 is 0 Å². The second-order valence-electron chi connectivity index (χ2n) is 6.36. The summed E-state index contributed by atoms with van der Waals surface area (Å²) in [5.74, 6) is 2.12. The predicted octanol–water partition coefficient (Wildman–Crippen LogP) is 6.46. The molecule has 0 aliphatic heterocycles. The van der Waals surface area contributed by atoms with Crippen LogP contribution in [0.4, 0.5) is 13.2 Å². The molecule has 2 aromatic carbocycles. The molecule has 142 valence electrons. The molecule has 0 aliphatic rings. The Hall–Kier alpha value is -2.69. The summed E-state index contributed by atoms with van der Waals surface area (Å²) in [4.78, 5) is 0. The molecule has 0 saturated heterocycles. The van der Waals surface area contributed by atoms with Crippen LogP contribution in [-0.4, -0.2) is 6.61 Å². The van der Waals surface area contributed by atoms with Gasteiger partial charge in [-0.25, -0.2) is 0 Å². The van der Waals surface area contributed by atoms with E-state index in [0.29, 0.717) is 24.4 Å². The van der Waals surface area contributed by atoms with E-state index in [4.69, 9.17) is 9.15 Å². The second kappa shape index (κ2) is 7.91. The number of hydrogen-bond donors (Lipinski definition) is 0. The summed E-state index contributed by atoms with van der Waals surface area (Å²) in [7, 11) is 0. The zero-order valence-electron chi connectivity index (χ0n) is 15.3. The van der Waals surface area contributed by atoms with Crippen LogP contribution >= 0.6 is 0 Å². The molecule has 0 amide bonds. The number of benzene rings is 2. The van der Waals surface area contributed by atoms with Crippen LogP contribution in [0.1, 0.15) is 29.4 Å². The van der Waals surface area contributed by atoms with E-state index in [-0.39, 0.29) is 0 Å². The van der Waals surface area contributed by atoms with Gasteiger partial charge in [-0.05, 0) is 54.8 Å². The molecule has 0 fully saturated rings. The standard InChI is InChI=1S/C22H21F3O2/c1-3-16-4-10-20(11-5-16)26-13-12-18-14-21(27-15(18)2)17-6-8-19(9-7-17)22(23,24)25/h4-11,14H,3,12-13H2,1-2H3. The summed E-state index contributed by atoms with van der Waals surface area (Å²) in [6.07, 6.45) is -2.69. The molecule has 0 saturated carbocycles. The van der Waals surface area contributed by atoms with E-state index in [2.05, 4.69) is 6.92 Å². The zero-order valence-corrected chi connectivity index (χ0v) is 15.3. The van der Waals surface area contributed by atoms with E-state index in [1.165, 1.54) is 17.7 Å². The van der Waals surface area contributed by atoms with Crippen LogP contribution in [0.25, 0.3) is 11.3 Å². The molecule has 0 N–H and O–H groups in total. The topological polar surface area (TPSA) is 22.4 Å². The number of ether oxygens (including phenoxy) is 1. The maximum Gasteiger partial charge on any atom is 0.416 e. The molecule has 1 aromatic heterocycles. The fraction of sp³-hybridized carbons (Fsp3) is 0.273. The Bertz CT molecular complexity index is 875. The van der Waals surface area contributed by atoms with Gasteiger partial charge >= 0.3 is 6.18 Å². The normalized spacial score (nSPS) is 11.6. The molecule has 0 bridgehead atoms. The Balaban J connectivity index is 1.63. The highest BCUT2D eigenvalue weighted by Gasteiger charge is 2.30. The van der Waals surface area contributed by atoms with Gasteiger partial charge in [-0.15, -0.1) is 0 Å². The summed E-state index contributed by atoms with van der Waals surface area (Å²) < 4.78 is 49.5.